The third-order valence-electron chi connectivity index (χ3n) is 1.65. The number of nitrogens with zero attached hydrogens (tertiary/aromatic N) is 1. The normalized spacial score (nSPS) is 14.0. The minimum absolute atomic E-state index is 0.492. The van der Waals surface area contributed by atoms with Gasteiger partial charge in [0.05, 0.1) is 11.6 Å². The molecule has 1 aliphatic heterocycles. The van der Waals surface area contributed by atoms with Crippen molar-refractivity contribution in [2.45, 2.75) is 0 Å². The van der Waals surface area contributed by atoms with Crippen molar-refractivity contribution in [3.8, 4) is 17.5 Å². The molecule has 0 N–H and O–H groups in total. The van der Waals surface area contributed by atoms with Gasteiger partial charge >= 0.3 is 0 Å². The summed E-state index contributed by atoms with van der Waals surface area (Å²) in [6.07, 6.45) is 0. The molecule has 0 bridgehead atoms. The van der Waals surface area contributed by atoms with E-state index in [1.807, 2.05) is 0 Å². The Morgan fingerprint density at radius 3 is 3.00 bits per heavy atom. The second kappa shape index (κ2) is 3.41. The van der Waals surface area contributed by atoms with Crippen LogP contribution in [0.1, 0.15) is 0 Å². The number of rotatable bonds is 1. The first kappa shape index (κ1) is 8.62. The van der Waals surface area contributed by atoms with Gasteiger partial charge < -0.3 is 14.2 Å². The van der Waals surface area contributed by atoms with Crippen molar-refractivity contribution in [1.29, 1.82) is 0 Å². The predicted octanol–water partition coefficient (Wildman–Crippen LogP) is 1.62. The molecule has 2 heterocycles. The van der Waals surface area contributed by atoms with Crippen LogP contribution in [0.3, 0.4) is 0 Å². The minimum Gasteiger partial charge on any atom is -0.484 e. The summed E-state index contributed by atoms with van der Waals surface area (Å²) in [5.74, 6) is 1.65. The van der Waals surface area contributed by atoms with E-state index in [9.17, 15) is 0 Å². The van der Waals surface area contributed by atoms with E-state index < -0.39 is 0 Å². The smallest absolute Gasteiger partial charge is 0.260 e. The van der Waals surface area contributed by atoms with Gasteiger partial charge in [0.1, 0.15) is 13.2 Å². The second-order valence-corrected chi connectivity index (χ2v) is 3.33. The maximum atomic E-state index is 5.33. The standard InChI is InChI=1S/C8H8BrNO3/c1-11-7-5(9)4-6-8(10-7)13-3-2-12-6/h4H,2-3H2,1H3. The van der Waals surface area contributed by atoms with E-state index >= 15 is 0 Å². The molecule has 0 unspecified atom stereocenters. The second-order valence-electron chi connectivity index (χ2n) is 2.48. The molecule has 0 fully saturated rings. The van der Waals surface area contributed by atoms with E-state index in [1.165, 1.54) is 0 Å². The van der Waals surface area contributed by atoms with Gasteiger partial charge in [-0.05, 0) is 15.9 Å². The highest BCUT2D eigenvalue weighted by Crippen LogP contribution is 2.35. The first-order valence-corrected chi connectivity index (χ1v) is 4.60. The highest BCUT2D eigenvalue weighted by atomic mass is 79.9. The Labute approximate surface area is 83.9 Å². The fraction of sp³-hybridized carbons (Fsp3) is 0.375. The summed E-state index contributed by atoms with van der Waals surface area (Å²) in [4.78, 5) is 4.11. The van der Waals surface area contributed by atoms with Gasteiger partial charge in [-0.25, -0.2) is 0 Å². The molecule has 70 valence electrons. The van der Waals surface area contributed by atoms with Crippen molar-refractivity contribution in [3.63, 3.8) is 0 Å². The molecule has 0 saturated carbocycles. The maximum Gasteiger partial charge on any atom is 0.260 e. The van der Waals surface area contributed by atoms with Gasteiger partial charge in [-0.15, -0.1) is 0 Å². The molecule has 0 spiro atoms. The topological polar surface area (TPSA) is 40.6 Å². The molecule has 4 nitrogen and oxygen atoms in total. The van der Waals surface area contributed by atoms with Gasteiger partial charge in [0.2, 0.25) is 5.88 Å². The molecule has 5 heteroatoms. The molecule has 0 aliphatic carbocycles. The number of aromatic nitrogens is 1. The number of methoxy groups -OCH3 is 1. The quantitative estimate of drug-likeness (QED) is 0.755. The number of halogens is 1. The summed E-state index contributed by atoms with van der Waals surface area (Å²) < 4.78 is 16.4. The summed E-state index contributed by atoms with van der Waals surface area (Å²) in [6.45, 7) is 1.10. The minimum atomic E-state index is 0.492. The van der Waals surface area contributed by atoms with E-state index in [0.717, 1.165) is 4.47 Å². The third-order valence-corrected chi connectivity index (χ3v) is 2.22. The largest absolute Gasteiger partial charge is 0.484 e. The van der Waals surface area contributed by atoms with Crippen molar-refractivity contribution in [1.82, 2.24) is 4.98 Å². The van der Waals surface area contributed by atoms with Gasteiger partial charge in [-0.1, -0.05) is 0 Å². The predicted molar refractivity (Wildman–Crippen MR) is 49.5 cm³/mol. The van der Waals surface area contributed by atoms with Gasteiger partial charge in [-0.3, -0.25) is 0 Å². The molecular weight excluding hydrogens is 238 g/mol. The zero-order chi connectivity index (χ0) is 9.26. The number of hydrogen-bond donors (Lipinski definition) is 0. The molecule has 0 aromatic carbocycles. The average molecular weight is 246 g/mol. The lowest BCUT2D eigenvalue weighted by Crippen LogP contribution is -2.16. The molecule has 1 aliphatic rings. The van der Waals surface area contributed by atoms with Crippen LogP contribution in [0.2, 0.25) is 0 Å². The van der Waals surface area contributed by atoms with E-state index in [1.54, 1.807) is 13.2 Å². The van der Waals surface area contributed by atoms with Crippen molar-refractivity contribution >= 4 is 15.9 Å². The number of fused-ring (bicyclic) bond motifs is 1. The lowest BCUT2D eigenvalue weighted by atomic mass is 10.4. The highest BCUT2D eigenvalue weighted by molar-refractivity contribution is 9.10. The van der Waals surface area contributed by atoms with Gasteiger partial charge in [0, 0.05) is 6.07 Å². The SMILES string of the molecule is COc1nc2c(cc1Br)OCCO2. The van der Waals surface area contributed by atoms with Crippen LogP contribution in [0.5, 0.6) is 17.5 Å². The van der Waals surface area contributed by atoms with E-state index in [4.69, 9.17) is 14.2 Å². The van der Waals surface area contributed by atoms with Crippen molar-refractivity contribution in [2.24, 2.45) is 0 Å². The maximum absolute atomic E-state index is 5.33. The first-order chi connectivity index (χ1) is 6.31. The molecule has 13 heavy (non-hydrogen) atoms. The summed E-state index contributed by atoms with van der Waals surface area (Å²) in [6, 6.07) is 1.79. The molecule has 1 aromatic rings. The molecule has 0 saturated heterocycles. The Morgan fingerprint density at radius 2 is 2.23 bits per heavy atom. The number of pyridine rings is 1. The van der Waals surface area contributed by atoms with Gasteiger partial charge in [0.15, 0.2) is 5.75 Å². The zero-order valence-electron chi connectivity index (χ0n) is 7.04. The lowest BCUT2D eigenvalue weighted by Gasteiger charge is -2.17. The summed E-state index contributed by atoms with van der Waals surface area (Å²) in [5, 5.41) is 0. The summed E-state index contributed by atoms with van der Waals surface area (Å²) in [5.41, 5.74) is 0. The third kappa shape index (κ3) is 1.56. The number of hydrogen-bond acceptors (Lipinski definition) is 4. The monoisotopic (exact) mass is 245 g/mol. The van der Waals surface area contributed by atoms with Gasteiger partial charge in [-0.2, -0.15) is 4.98 Å². The van der Waals surface area contributed by atoms with Crippen LogP contribution in [0.4, 0.5) is 0 Å². The van der Waals surface area contributed by atoms with Crippen molar-refractivity contribution < 1.29 is 14.2 Å². The zero-order valence-corrected chi connectivity index (χ0v) is 8.63. The van der Waals surface area contributed by atoms with Crippen LogP contribution in [-0.4, -0.2) is 25.3 Å². The highest BCUT2D eigenvalue weighted by Gasteiger charge is 2.16. The van der Waals surface area contributed by atoms with Crippen LogP contribution >= 0.6 is 15.9 Å². The van der Waals surface area contributed by atoms with E-state index in [2.05, 4.69) is 20.9 Å². The van der Waals surface area contributed by atoms with Crippen LogP contribution in [0, 0.1) is 0 Å². The fourth-order valence-corrected chi connectivity index (χ4v) is 1.54. The molecule has 2 rings (SSSR count). The Balaban J connectivity index is 2.44. The molecule has 1 aromatic heterocycles. The van der Waals surface area contributed by atoms with E-state index in [0.29, 0.717) is 30.7 Å². The van der Waals surface area contributed by atoms with Crippen LogP contribution in [-0.2, 0) is 0 Å². The Morgan fingerprint density at radius 1 is 1.46 bits per heavy atom. The van der Waals surface area contributed by atoms with Crippen LogP contribution in [0.15, 0.2) is 10.5 Å². The number of ether oxygens (including phenoxy) is 3. The molecular formula is C8H8BrNO3. The summed E-state index contributed by atoms with van der Waals surface area (Å²) >= 11 is 3.31. The van der Waals surface area contributed by atoms with Gasteiger partial charge in [0.25, 0.3) is 5.88 Å². The summed E-state index contributed by atoms with van der Waals surface area (Å²) in [7, 11) is 1.56. The van der Waals surface area contributed by atoms with Crippen LogP contribution in [0.25, 0.3) is 0 Å². The lowest BCUT2D eigenvalue weighted by molar-refractivity contribution is 0.162. The van der Waals surface area contributed by atoms with Crippen molar-refractivity contribution in [3.05, 3.63) is 10.5 Å². The van der Waals surface area contributed by atoms with Crippen LogP contribution < -0.4 is 14.2 Å². The van der Waals surface area contributed by atoms with E-state index in [-0.39, 0.29) is 0 Å². The Kier molecular flexibility index (Phi) is 2.26. The Hall–Kier alpha value is -0.970. The molecule has 0 amide bonds. The molecule has 0 radical (unpaired) electrons. The molecule has 0 atom stereocenters. The first-order valence-electron chi connectivity index (χ1n) is 3.81. The van der Waals surface area contributed by atoms with Crippen molar-refractivity contribution in [2.75, 3.05) is 20.3 Å². The average Bonchev–Trinajstić information content (AvgIpc) is 2.17. The fourth-order valence-electron chi connectivity index (χ4n) is 1.08. The Bertz CT molecular complexity index is 329.